The SMILES string of the molecule is CCCCOc1ccc(C2C(C(=O)c3ccco3)=C(O)C(=O)N2c2nnc(C)s2)cc1OCC. The van der Waals surface area contributed by atoms with Crippen LogP contribution in [-0.4, -0.2) is 40.2 Å². The van der Waals surface area contributed by atoms with Crippen molar-refractivity contribution in [2.45, 2.75) is 39.7 Å². The highest BCUT2D eigenvalue weighted by atomic mass is 32.1. The number of amides is 1. The molecule has 0 spiro atoms. The van der Waals surface area contributed by atoms with Gasteiger partial charge in [0, 0.05) is 0 Å². The number of hydrogen-bond donors (Lipinski definition) is 1. The summed E-state index contributed by atoms with van der Waals surface area (Å²) in [4.78, 5) is 27.7. The maximum atomic E-state index is 13.3. The molecule has 0 saturated carbocycles. The number of ketones is 1. The van der Waals surface area contributed by atoms with Gasteiger partial charge in [-0.15, -0.1) is 10.2 Å². The second kappa shape index (κ2) is 10.1. The van der Waals surface area contributed by atoms with Crippen LogP contribution in [0.2, 0.25) is 0 Å². The van der Waals surface area contributed by atoms with E-state index in [-0.39, 0.29) is 16.5 Å². The maximum Gasteiger partial charge on any atom is 0.296 e. The molecule has 0 aliphatic carbocycles. The number of nitrogens with zero attached hydrogens (tertiary/aromatic N) is 3. The lowest BCUT2D eigenvalue weighted by atomic mass is 9.95. The average Bonchev–Trinajstić information content (AvgIpc) is 3.56. The predicted octanol–water partition coefficient (Wildman–Crippen LogP) is 4.80. The molecule has 1 N–H and O–H groups in total. The summed E-state index contributed by atoms with van der Waals surface area (Å²) >= 11 is 1.19. The number of unbranched alkanes of at least 4 members (excludes halogenated alkanes) is 1. The van der Waals surface area contributed by atoms with Crippen LogP contribution in [-0.2, 0) is 4.79 Å². The highest BCUT2D eigenvalue weighted by Crippen LogP contribution is 2.44. The Balaban J connectivity index is 1.82. The Morgan fingerprint density at radius 2 is 2.03 bits per heavy atom. The van der Waals surface area contributed by atoms with Gasteiger partial charge in [0.1, 0.15) is 5.01 Å². The largest absolute Gasteiger partial charge is 0.503 e. The molecule has 3 aromatic rings. The van der Waals surface area contributed by atoms with Crippen molar-refractivity contribution in [3.8, 4) is 11.5 Å². The van der Waals surface area contributed by atoms with Gasteiger partial charge in [-0.25, -0.2) is 0 Å². The topological polar surface area (TPSA) is 115 Å². The second-order valence-corrected chi connectivity index (χ2v) is 8.75. The zero-order valence-corrected chi connectivity index (χ0v) is 19.9. The summed E-state index contributed by atoms with van der Waals surface area (Å²) in [6.07, 6.45) is 3.25. The molecule has 0 radical (unpaired) electrons. The third kappa shape index (κ3) is 4.41. The highest BCUT2D eigenvalue weighted by molar-refractivity contribution is 7.15. The Labute approximate surface area is 200 Å². The molecule has 34 heavy (non-hydrogen) atoms. The molecule has 178 valence electrons. The number of aliphatic hydroxyl groups excluding tert-OH is 1. The number of aliphatic hydroxyl groups is 1. The van der Waals surface area contributed by atoms with Crippen molar-refractivity contribution in [1.82, 2.24) is 10.2 Å². The van der Waals surface area contributed by atoms with Crippen LogP contribution in [0.15, 0.2) is 52.3 Å². The van der Waals surface area contributed by atoms with E-state index < -0.39 is 23.5 Å². The zero-order chi connectivity index (χ0) is 24.2. The Morgan fingerprint density at radius 1 is 1.21 bits per heavy atom. The second-order valence-electron chi connectivity index (χ2n) is 7.59. The summed E-state index contributed by atoms with van der Waals surface area (Å²) in [5.41, 5.74) is 0.446. The van der Waals surface area contributed by atoms with Gasteiger partial charge in [0.15, 0.2) is 23.0 Å². The monoisotopic (exact) mass is 483 g/mol. The van der Waals surface area contributed by atoms with E-state index in [0.29, 0.717) is 35.3 Å². The van der Waals surface area contributed by atoms with Crippen LogP contribution >= 0.6 is 11.3 Å². The number of Topliss-reactive ketones (excluding diaryl/α,β-unsaturated/α-hetero) is 1. The molecule has 1 atom stereocenters. The van der Waals surface area contributed by atoms with Crippen LogP contribution < -0.4 is 14.4 Å². The molecule has 1 aromatic carbocycles. The van der Waals surface area contributed by atoms with Crippen LogP contribution in [0.25, 0.3) is 0 Å². The van der Waals surface area contributed by atoms with Crippen molar-refractivity contribution >= 4 is 28.2 Å². The lowest BCUT2D eigenvalue weighted by molar-refractivity contribution is -0.117. The smallest absolute Gasteiger partial charge is 0.296 e. The van der Waals surface area contributed by atoms with E-state index in [9.17, 15) is 14.7 Å². The van der Waals surface area contributed by atoms with Crippen molar-refractivity contribution < 1.29 is 28.6 Å². The third-order valence-electron chi connectivity index (χ3n) is 5.26. The number of carbonyl (C=O) groups excluding carboxylic acids is 2. The first-order valence-electron chi connectivity index (χ1n) is 11.0. The van der Waals surface area contributed by atoms with Gasteiger partial charge >= 0.3 is 0 Å². The molecular weight excluding hydrogens is 458 g/mol. The van der Waals surface area contributed by atoms with Gasteiger partial charge in [-0.05, 0) is 50.1 Å². The van der Waals surface area contributed by atoms with E-state index in [1.54, 1.807) is 31.2 Å². The van der Waals surface area contributed by atoms with Gasteiger partial charge in [-0.3, -0.25) is 14.5 Å². The van der Waals surface area contributed by atoms with E-state index in [0.717, 1.165) is 12.8 Å². The van der Waals surface area contributed by atoms with Gasteiger partial charge < -0.3 is 19.0 Å². The number of benzene rings is 1. The summed E-state index contributed by atoms with van der Waals surface area (Å²) in [6.45, 7) is 6.63. The van der Waals surface area contributed by atoms with Gasteiger partial charge in [0.05, 0.1) is 31.1 Å². The fourth-order valence-electron chi connectivity index (χ4n) is 3.68. The quantitative estimate of drug-likeness (QED) is 0.323. The molecule has 0 saturated heterocycles. The zero-order valence-electron chi connectivity index (χ0n) is 19.1. The highest BCUT2D eigenvalue weighted by Gasteiger charge is 2.46. The van der Waals surface area contributed by atoms with Gasteiger partial charge in [0.25, 0.3) is 5.91 Å². The van der Waals surface area contributed by atoms with E-state index >= 15 is 0 Å². The van der Waals surface area contributed by atoms with E-state index in [2.05, 4.69) is 17.1 Å². The number of ether oxygens (including phenoxy) is 2. The molecule has 2 aromatic heterocycles. The van der Waals surface area contributed by atoms with E-state index in [1.165, 1.54) is 28.6 Å². The first kappa shape index (κ1) is 23.5. The first-order valence-corrected chi connectivity index (χ1v) is 11.8. The van der Waals surface area contributed by atoms with Crippen LogP contribution in [0.1, 0.15) is 53.9 Å². The van der Waals surface area contributed by atoms with Crippen molar-refractivity contribution in [3.05, 3.63) is 64.3 Å². The first-order chi connectivity index (χ1) is 16.5. The molecule has 9 nitrogen and oxygen atoms in total. The number of rotatable bonds is 10. The summed E-state index contributed by atoms with van der Waals surface area (Å²) in [7, 11) is 0. The average molecular weight is 484 g/mol. The molecular formula is C24H25N3O6S. The van der Waals surface area contributed by atoms with Crippen LogP contribution in [0.3, 0.4) is 0 Å². The number of furan rings is 1. The molecule has 1 aliphatic rings. The van der Waals surface area contributed by atoms with Gasteiger partial charge in [-0.1, -0.05) is 30.7 Å². The predicted molar refractivity (Wildman–Crippen MR) is 126 cm³/mol. The molecule has 0 fully saturated rings. The summed E-state index contributed by atoms with van der Waals surface area (Å²) in [5, 5.41) is 19.8. The van der Waals surface area contributed by atoms with Crippen LogP contribution in [0, 0.1) is 6.92 Å². The van der Waals surface area contributed by atoms with E-state index in [1.807, 2.05) is 6.92 Å². The minimum Gasteiger partial charge on any atom is -0.503 e. The molecule has 10 heteroatoms. The third-order valence-corrected chi connectivity index (χ3v) is 6.10. The Hall–Kier alpha value is -3.66. The Morgan fingerprint density at radius 3 is 2.68 bits per heavy atom. The van der Waals surface area contributed by atoms with Crippen LogP contribution in [0.4, 0.5) is 5.13 Å². The summed E-state index contributed by atoms with van der Waals surface area (Å²) < 4.78 is 16.9. The number of anilines is 1. The summed E-state index contributed by atoms with van der Waals surface area (Å²) in [5.74, 6) is -0.926. The molecule has 3 heterocycles. The van der Waals surface area contributed by atoms with E-state index in [4.69, 9.17) is 13.9 Å². The normalized spacial score (nSPS) is 15.8. The molecule has 0 bridgehead atoms. The molecule has 1 unspecified atom stereocenters. The fourth-order valence-corrected chi connectivity index (χ4v) is 4.40. The Bertz CT molecular complexity index is 1220. The van der Waals surface area contributed by atoms with Gasteiger partial charge in [0.2, 0.25) is 10.9 Å². The fraction of sp³-hybridized carbons (Fsp3) is 0.333. The number of aryl methyl sites for hydroxylation is 1. The maximum absolute atomic E-state index is 13.3. The number of aromatic nitrogens is 2. The van der Waals surface area contributed by atoms with Crippen molar-refractivity contribution in [2.24, 2.45) is 0 Å². The minimum absolute atomic E-state index is 0.0131. The number of hydrogen-bond acceptors (Lipinski definition) is 9. The van der Waals surface area contributed by atoms with Crippen LogP contribution in [0.5, 0.6) is 11.5 Å². The molecule has 1 aliphatic heterocycles. The van der Waals surface area contributed by atoms with Gasteiger partial charge in [-0.2, -0.15) is 0 Å². The lowest BCUT2D eigenvalue weighted by Gasteiger charge is -2.24. The van der Waals surface area contributed by atoms with Crippen molar-refractivity contribution in [1.29, 1.82) is 0 Å². The lowest BCUT2D eigenvalue weighted by Crippen LogP contribution is -2.31. The Kier molecular flexibility index (Phi) is 6.97. The number of carbonyl (C=O) groups is 2. The summed E-state index contributed by atoms with van der Waals surface area (Å²) in [6, 6.07) is 7.31. The standard InChI is InChI=1S/C24H25N3O6S/c1-4-6-11-32-16-10-9-15(13-18(16)31-5-2)20-19(21(28)17-8-7-12-33-17)22(29)23(30)27(20)24-26-25-14(3)34-24/h7-10,12-13,20,29H,4-6,11H2,1-3H3. The molecule has 4 rings (SSSR count). The van der Waals surface area contributed by atoms with Crippen molar-refractivity contribution in [3.63, 3.8) is 0 Å². The molecule has 1 amide bonds. The minimum atomic E-state index is -0.957. The van der Waals surface area contributed by atoms with Crippen molar-refractivity contribution in [2.75, 3.05) is 18.1 Å².